The zero-order valence-electron chi connectivity index (χ0n) is 13.7. The average molecular weight is 316 g/mol. The Morgan fingerprint density at radius 2 is 1.86 bits per heavy atom. The Bertz CT molecular complexity index is 360. The van der Waals surface area contributed by atoms with Crippen molar-refractivity contribution < 1.29 is 23.9 Å². The molecule has 0 aliphatic carbocycles. The Morgan fingerprint density at radius 3 is 2.45 bits per heavy atom. The van der Waals surface area contributed by atoms with Gasteiger partial charge < -0.3 is 20.5 Å². The number of Topliss-reactive ketones (excluding diaryl/α,β-unsaturated/α-hetero) is 1. The first-order chi connectivity index (χ1) is 10.4. The Kier molecular flexibility index (Phi) is 11.3. The van der Waals surface area contributed by atoms with Gasteiger partial charge in [-0.15, -0.1) is 0 Å². The molecule has 128 valence electrons. The van der Waals surface area contributed by atoms with Gasteiger partial charge in [-0.05, 0) is 20.3 Å². The van der Waals surface area contributed by atoms with Crippen molar-refractivity contribution in [2.45, 2.75) is 58.6 Å². The van der Waals surface area contributed by atoms with E-state index in [1.165, 1.54) is 6.92 Å². The number of carbonyl (C=O) groups excluding carboxylic acids is 3. The van der Waals surface area contributed by atoms with Crippen molar-refractivity contribution in [1.29, 1.82) is 0 Å². The van der Waals surface area contributed by atoms with Gasteiger partial charge >= 0.3 is 11.9 Å². The van der Waals surface area contributed by atoms with Gasteiger partial charge in [0.15, 0.2) is 11.9 Å². The van der Waals surface area contributed by atoms with Gasteiger partial charge in [0, 0.05) is 19.0 Å². The van der Waals surface area contributed by atoms with Crippen LogP contribution >= 0.6 is 0 Å². The Labute approximate surface area is 131 Å². The van der Waals surface area contributed by atoms with Gasteiger partial charge in [-0.25, -0.2) is 0 Å². The predicted octanol–water partition coefficient (Wildman–Crippen LogP) is 0.548. The molecule has 0 aliphatic rings. The van der Waals surface area contributed by atoms with Crippen LogP contribution in [0.3, 0.4) is 0 Å². The van der Waals surface area contributed by atoms with Gasteiger partial charge in [-0.2, -0.15) is 0 Å². The highest BCUT2D eigenvalue weighted by atomic mass is 16.5. The summed E-state index contributed by atoms with van der Waals surface area (Å²) < 4.78 is 9.77. The number of carbonyl (C=O) groups is 3. The van der Waals surface area contributed by atoms with Crippen molar-refractivity contribution in [3.63, 3.8) is 0 Å². The number of ketones is 1. The molecular formula is C15H28N2O5. The third kappa shape index (κ3) is 10.3. The molecule has 0 radical (unpaired) electrons. The second-order valence-electron chi connectivity index (χ2n) is 5.08. The van der Waals surface area contributed by atoms with Gasteiger partial charge in [0.05, 0.1) is 19.6 Å². The Hall–Kier alpha value is -1.47. The van der Waals surface area contributed by atoms with E-state index in [1.54, 1.807) is 6.92 Å². The number of hydrogen-bond acceptors (Lipinski definition) is 7. The number of hydrogen-bond donors (Lipinski definition) is 2. The molecule has 22 heavy (non-hydrogen) atoms. The highest BCUT2D eigenvalue weighted by Crippen LogP contribution is 2.04. The summed E-state index contributed by atoms with van der Waals surface area (Å²) in [6.07, 6.45) is 1.26. The van der Waals surface area contributed by atoms with Crippen molar-refractivity contribution >= 4 is 17.7 Å². The third-order valence-corrected chi connectivity index (χ3v) is 2.97. The summed E-state index contributed by atoms with van der Waals surface area (Å²) in [6, 6.07) is -0.193. The quantitative estimate of drug-likeness (QED) is 0.400. The van der Waals surface area contributed by atoms with E-state index < -0.39 is 12.1 Å². The topological polar surface area (TPSA) is 108 Å². The second-order valence-corrected chi connectivity index (χ2v) is 5.08. The van der Waals surface area contributed by atoms with Crippen LogP contribution in [0, 0.1) is 0 Å². The van der Waals surface area contributed by atoms with Crippen LogP contribution in [0.15, 0.2) is 0 Å². The molecule has 0 amide bonds. The van der Waals surface area contributed by atoms with E-state index in [1.807, 2.05) is 6.92 Å². The maximum absolute atomic E-state index is 11.8. The predicted molar refractivity (Wildman–Crippen MR) is 82.2 cm³/mol. The van der Waals surface area contributed by atoms with Crippen LogP contribution < -0.4 is 11.1 Å². The summed E-state index contributed by atoms with van der Waals surface area (Å²) in [5, 5.41) is 2.77. The Morgan fingerprint density at radius 1 is 1.18 bits per heavy atom. The molecule has 0 aliphatic heterocycles. The zero-order valence-corrected chi connectivity index (χ0v) is 13.7. The lowest BCUT2D eigenvalue weighted by atomic mass is 10.0. The molecule has 0 saturated heterocycles. The third-order valence-electron chi connectivity index (χ3n) is 2.97. The summed E-state index contributed by atoms with van der Waals surface area (Å²) in [5.74, 6) is -1.04. The SMILES string of the molecule is CCCC(N)CC(=O)C(C)OC(=O)CNCCC(=O)OCC. The van der Waals surface area contributed by atoms with Crippen LogP contribution in [0.4, 0.5) is 0 Å². The first-order valence-corrected chi connectivity index (χ1v) is 7.74. The van der Waals surface area contributed by atoms with Crippen molar-refractivity contribution in [2.75, 3.05) is 19.7 Å². The van der Waals surface area contributed by atoms with E-state index in [-0.39, 0.29) is 37.2 Å². The van der Waals surface area contributed by atoms with E-state index >= 15 is 0 Å². The summed E-state index contributed by atoms with van der Waals surface area (Å²) >= 11 is 0. The van der Waals surface area contributed by atoms with Gasteiger partial charge in [-0.1, -0.05) is 13.3 Å². The summed E-state index contributed by atoms with van der Waals surface area (Å²) in [7, 11) is 0. The minimum absolute atomic E-state index is 0.0575. The van der Waals surface area contributed by atoms with Crippen molar-refractivity contribution in [2.24, 2.45) is 5.73 Å². The van der Waals surface area contributed by atoms with E-state index in [9.17, 15) is 14.4 Å². The highest BCUT2D eigenvalue weighted by Gasteiger charge is 2.19. The van der Waals surface area contributed by atoms with E-state index in [0.29, 0.717) is 13.2 Å². The normalized spacial score (nSPS) is 13.3. The number of rotatable bonds is 12. The Balaban J connectivity index is 3.86. The van der Waals surface area contributed by atoms with Crippen LogP contribution in [0.1, 0.15) is 46.5 Å². The van der Waals surface area contributed by atoms with E-state index in [4.69, 9.17) is 15.2 Å². The van der Waals surface area contributed by atoms with Gasteiger partial charge in [0.25, 0.3) is 0 Å². The number of nitrogens with one attached hydrogen (secondary N) is 1. The van der Waals surface area contributed by atoms with Crippen LogP contribution in [0.2, 0.25) is 0 Å². The molecule has 2 atom stereocenters. The number of nitrogens with two attached hydrogens (primary N) is 1. The van der Waals surface area contributed by atoms with Crippen LogP contribution in [0.25, 0.3) is 0 Å². The van der Waals surface area contributed by atoms with Crippen LogP contribution in [0.5, 0.6) is 0 Å². The molecule has 7 heteroatoms. The lowest BCUT2D eigenvalue weighted by Gasteiger charge is -2.15. The summed E-state index contributed by atoms with van der Waals surface area (Å²) in [4.78, 5) is 34.4. The van der Waals surface area contributed by atoms with Gasteiger partial charge in [-0.3, -0.25) is 14.4 Å². The molecule has 0 aromatic carbocycles. The fraction of sp³-hybridized carbons (Fsp3) is 0.800. The van der Waals surface area contributed by atoms with E-state index in [0.717, 1.165) is 12.8 Å². The molecule has 0 bridgehead atoms. The lowest BCUT2D eigenvalue weighted by Crippen LogP contribution is -2.34. The van der Waals surface area contributed by atoms with Crippen molar-refractivity contribution in [3.05, 3.63) is 0 Å². The average Bonchev–Trinajstić information content (AvgIpc) is 2.44. The molecular weight excluding hydrogens is 288 g/mol. The molecule has 2 unspecified atom stereocenters. The number of esters is 2. The second kappa shape index (κ2) is 12.1. The largest absolute Gasteiger partial charge is 0.466 e. The molecule has 0 aromatic rings. The minimum atomic E-state index is -0.803. The summed E-state index contributed by atoms with van der Waals surface area (Å²) in [5.41, 5.74) is 5.79. The first kappa shape index (κ1) is 20.5. The maximum atomic E-state index is 11.8. The van der Waals surface area contributed by atoms with Crippen LogP contribution in [-0.4, -0.2) is 49.6 Å². The van der Waals surface area contributed by atoms with E-state index in [2.05, 4.69) is 5.32 Å². The minimum Gasteiger partial charge on any atom is -0.466 e. The lowest BCUT2D eigenvalue weighted by molar-refractivity contribution is -0.153. The molecule has 0 fully saturated rings. The first-order valence-electron chi connectivity index (χ1n) is 7.74. The molecule has 0 rings (SSSR count). The number of ether oxygens (including phenoxy) is 2. The molecule has 7 nitrogen and oxygen atoms in total. The molecule has 0 spiro atoms. The molecule has 0 aromatic heterocycles. The monoisotopic (exact) mass is 316 g/mol. The zero-order chi connectivity index (χ0) is 17.0. The molecule has 0 saturated carbocycles. The fourth-order valence-corrected chi connectivity index (χ4v) is 1.82. The van der Waals surface area contributed by atoms with Crippen molar-refractivity contribution in [1.82, 2.24) is 5.32 Å². The van der Waals surface area contributed by atoms with Crippen molar-refractivity contribution in [3.8, 4) is 0 Å². The standard InChI is InChI=1S/C15H28N2O5/c1-4-6-12(16)9-13(18)11(3)22-15(20)10-17-8-7-14(19)21-5-2/h11-12,17H,4-10,16H2,1-3H3. The van der Waals surface area contributed by atoms with Gasteiger partial charge in [0.1, 0.15) is 0 Å². The maximum Gasteiger partial charge on any atom is 0.320 e. The summed E-state index contributed by atoms with van der Waals surface area (Å²) in [6.45, 7) is 5.86. The van der Waals surface area contributed by atoms with Gasteiger partial charge in [0.2, 0.25) is 0 Å². The van der Waals surface area contributed by atoms with Crippen LogP contribution in [-0.2, 0) is 23.9 Å². The molecule has 3 N–H and O–H groups in total. The smallest absolute Gasteiger partial charge is 0.320 e. The fourth-order valence-electron chi connectivity index (χ4n) is 1.82. The molecule has 0 heterocycles. The highest BCUT2D eigenvalue weighted by molar-refractivity contribution is 5.86.